The molecule has 1 aliphatic rings. The largest absolute Gasteiger partial charge is 0.363 e. The number of rotatable bonds is 8. The summed E-state index contributed by atoms with van der Waals surface area (Å²) in [5.41, 5.74) is 2.14. The molecule has 2 aromatic rings. The summed E-state index contributed by atoms with van der Waals surface area (Å²) in [6.45, 7) is 5.94. The maximum Gasteiger partial charge on any atom is 0.222 e. The van der Waals surface area contributed by atoms with Gasteiger partial charge in [0.2, 0.25) is 5.91 Å². The van der Waals surface area contributed by atoms with Crippen LogP contribution < -0.4 is 15.5 Å². The molecule has 1 aromatic heterocycles. The molecule has 0 aliphatic carbocycles. The highest BCUT2D eigenvalue weighted by atomic mass is 16.2. The lowest BCUT2D eigenvalue weighted by Gasteiger charge is -2.20. The fourth-order valence-corrected chi connectivity index (χ4v) is 3.85. The van der Waals surface area contributed by atoms with E-state index in [1.165, 1.54) is 0 Å². The average Bonchev–Trinajstić information content (AvgIpc) is 2.98. The van der Waals surface area contributed by atoms with Crippen LogP contribution in [0.3, 0.4) is 0 Å². The summed E-state index contributed by atoms with van der Waals surface area (Å²) in [5, 5.41) is 7.88. The second kappa shape index (κ2) is 11.5. The van der Waals surface area contributed by atoms with Gasteiger partial charge in [0.05, 0.1) is 12.1 Å². The molecule has 0 bridgehead atoms. The van der Waals surface area contributed by atoms with Crippen LogP contribution in [0.25, 0.3) is 10.9 Å². The van der Waals surface area contributed by atoms with Crippen molar-refractivity contribution >= 4 is 28.6 Å². The number of fused-ring (bicyclic) bond motifs is 1. The van der Waals surface area contributed by atoms with Gasteiger partial charge in [-0.25, -0.2) is 9.98 Å². The Labute approximate surface area is 185 Å². The highest BCUT2D eigenvalue weighted by molar-refractivity contribution is 5.85. The predicted molar refractivity (Wildman–Crippen MR) is 129 cm³/mol. The van der Waals surface area contributed by atoms with Crippen molar-refractivity contribution in [3.63, 3.8) is 0 Å². The van der Waals surface area contributed by atoms with Gasteiger partial charge in [-0.1, -0.05) is 24.6 Å². The Morgan fingerprint density at radius 2 is 2.03 bits per heavy atom. The molecule has 1 aliphatic heterocycles. The molecule has 1 fully saturated rings. The van der Waals surface area contributed by atoms with Crippen molar-refractivity contribution in [2.24, 2.45) is 4.99 Å². The molecule has 31 heavy (non-hydrogen) atoms. The first-order valence-electron chi connectivity index (χ1n) is 11.4. The first-order valence-corrected chi connectivity index (χ1v) is 11.4. The van der Waals surface area contributed by atoms with Crippen LogP contribution in [0.4, 0.5) is 5.82 Å². The molecule has 0 unspecified atom stereocenters. The zero-order valence-corrected chi connectivity index (χ0v) is 19.2. The van der Waals surface area contributed by atoms with E-state index in [-0.39, 0.29) is 0 Å². The second-order valence-electron chi connectivity index (χ2n) is 8.22. The number of carbonyl (C=O) groups excluding carboxylic acids is 1. The minimum atomic E-state index is 0.305. The van der Waals surface area contributed by atoms with Crippen molar-refractivity contribution in [3.8, 4) is 0 Å². The minimum absolute atomic E-state index is 0.305. The summed E-state index contributed by atoms with van der Waals surface area (Å²) in [4.78, 5) is 25.7. The minimum Gasteiger partial charge on any atom is -0.363 e. The number of benzene rings is 1. The number of aliphatic imine (C=N–C) groups is 1. The number of para-hydroxylation sites is 1. The van der Waals surface area contributed by atoms with E-state index < -0.39 is 0 Å². The first kappa shape index (κ1) is 22.8. The molecular weight excluding hydrogens is 388 g/mol. The van der Waals surface area contributed by atoms with Gasteiger partial charge in [0, 0.05) is 52.1 Å². The zero-order valence-electron chi connectivity index (χ0n) is 19.2. The Hall–Kier alpha value is -2.83. The molecule has 7 nitrogen and oxygen atoms in total. The quantitative estimate of drug-likeness (QED) is 0.387. The Bertz CT molecular complexity index is 895. The Balaban J connectivity index is 1.62. The number of carbonyl (C=O) groups is 1. The Kier molecular flexibility index (Phi) is 8.50. The molecule has 2 heterocycles. The standard InChI is InChI=1S/C24H36N6O/c1-4-25-24(26-14-10-16-30-15-9-5-6-13-23(30)31)27-18-19-17-22(29(2)3)28-21-12-8-7-11-20(19)21/h7-8,11-12,17H,4-6,9-10,13-16,18H2,1-3H3,(H2,25,26,27). The Morgan fingerprint density at radius 1 is 1.19 bits per heavy atom. The van der Waals surface area contributed by atoms with Gasteiger partial charge in [-0.15, -0.1) is 0 Å². The number of hydrogen-bond donors (Lipinski definition) is 2. The maximum absolute atomic E-state index is 12.1. The normalized spacial score (nSPS) is 15.1. The highest BCUT2D eigenvalue weighted by Crippen LogP contribution is 2.22. The molecule has 0 radical (unpaired) electrons. The predicted octanol–water partition coefficient (Wildman–Crippen LogP) is 3.15. The lowest BCUT2D eigenvalue weighted by Crippen LogP contribution is -2.39. The maximum atomic E-state index is 12.1. The average molecular weight is 425 g/mol. The number of amides is 1. The van der Waals surface area contributed by atoms with Crippen LogP contribution in [0.2, 0.25) is 0 Å². The summed E-state index contributed by atoms with van der Waals surface area (Å²) in [7, 11) is 4.01. The van der Waals surface area contributed by atoms with Crippen molar-refractivity contribution in [3.05, 3.63) is 35.9 Å². The van der Waals surface area contributed by atoms with Gasteiger partial charge in [0.25, 0.3) is 0 Å². The molecule has 0 atom stereocenters. The summed E-state index contributed by atoms with van der Waals surface area (Å²) >= 11 is 0. The van der Waals surface area contributed by atoms with Crippen LogP contribution >= 0.6 is 0 Å². The van der Waals surface area contributed by atoms with Crippen LogP contribution in [0.15, 0.2) is 35.3 Å². The van der Waals surface area contributed by atoms with E-state index in [4.69, 9.17) is 9.98 Å². The molecule has 7 heteroatoms. The van der Waals surface area contributed by atoms with E-state index >= 15 is 0 Å². The third-order valence-electron chi connectivity index (χ3n) is 5.57. The van der Waals surface area contributed by atoms with Gasteiger partial charge in [-0.3, -0.25) is 4.79 Å². The van der Waals surface area contributed by atoms with E-state index in [2.05, 4.69) is 29.7 Å². The summed E-state index contributed by atoms with van der Waals surface area (Å²) in [5.74, 6) is 2.04. The van der Waals surface area contributed by atoms with E-state index in [1.54, 1.807) is 0 Å². The van der Waals surface area contributed by atoms with E-state index in [9.17, 15) is 4.79 Å². The zero-order chi connectivity index (χ0) is 22.1. The van der Waals surface area contributed by atoms with E-state index in [0.717, 1.165) is 80.1 Å². The first-order chi connectivity index (χ1) is 15.1. The number of aromatic nitrogens is 1. The van der Waals surface area contributed by atoms with E-state index in [1.807, 2.05) is 42.1 Å². The van der Waals surface area contributed by atoms with Crippen LogP contribution in [0.5, 0.6) is 0 Å². The number of anilines is 1. The molecule has 2 N–H and O–H groups in total. The van der Waals surface area contributed by atoms with Gasteiger partial charge in [-0.05, 0) is 43.9 Å². The number of likely N-dealkylation sites (tertiary alicyclic amines) is 1. The lowest BCUT2D eigenvalue weighted by atomic mass is 10.1. The molecule has 1 amide bonds. The number of pyridine rings is 1. The molecule has 0 spiro atoms. The van der Waals surface area contributed by atoms with E-state index in [0.29, 0.717) is 18.9 Å². The summed E-state index contributed by atoms with van der Waals surface area (Å²) in [6, 6.07) is 10.3. The monoisotopic (exact) mass is 424 g/mol. The summed E-state index contributed by atoms with van der Waals surface area (Å²) in [6.07, 6.45) is 4.94. The van der Waals surface area contributed by atoms with Gasteiger partial charge in [0.1, 0.15) is 5.82 Å². The van der Waals surface area contributed by atoms with Gasteiger partial charge >= 0.3 is 0 Å². The number of nitrogens with zero attached hydrogens (tertiary/aromatic N) is 4. The highest BCUT2D eigenvalue weighted by Gasteiger charge is 2.15. The smallest absolute Gasteiger partial charge is 0.222 e. The SMILES string of the molecule is CCNC(=NCc1cc(N(C)C)nc2ccccc12)NCCCN1CCCCCC1=O. The molecular formula is C24H36N6O. The number of guanidine groups is 1. The van der Waals surface area contributed by atoms with Crippen LogP contribution in [-0.4, -0.2) is 62.0 Å². The topological polar surface area (TPSA) is 72.9 Å². The van der Waals surface area contributed by atoms with Crippen molar-refractivity contribution in [1.82, 2.24) is 20.5 Å². The third-order valence-corrected chi connectivity index (χ3v) is 5.57. The van der Waals surface area contributed by atoms with Gasteiger partial charge in [-0.2, -0.15) is 0 Å². The van der Waals surface area contributed by atoms with Crippen molar-refractivity contribution in [1.29, 1.82) is 0 Å². The van der Waals surface area contributed by atoms with Crippen LogP contribution in [-0.2, 0) is 11.3 Å². The lowest BCUT2D eigenvalue weighted by molar-refractivity contribution is -0.130. The molecule has 3 rings (SSSR count). The molecule has 1 aromatic carbocycles. The van der Waals surface area contributed by atoms with Gasteiger partial charge < -0.3 is 20.4 Å². The Morgan fingerprint density at radius 3 is 2.84 bits per heavy atom. The fraction of sp³-hybridized carbons (Fsp3) is 0.542. The van der Waals surface area contributed by atoms with Gasteiger partial charge in [0.15, 0.2) is 5.96 Å². The fourth-order valence-electron chi connectivity index (χ4n) is 3.85. The number of nitrogens with one attached hydrogen (secondary N) is 2. The van der Waals surface area contributed by atoms with Crippen molar-refractivity contribution in [2.75, 3.05) is 45.2 Å². The van der Waals surface area contributed by atoms with Crippen LogP contribution in [0, 0.1) is 0 Å². The third kappa shape index (κ3) is 6.57. The van der Waals surface area contributed by atoms with Crippen molar-refractivity contribution in [2.45, 2.75) is 45.6 Å². The molecule has 1 saturated heterocycles. The summed E-state index contributed by atoms with van der Waals surface area (Å²) < 4.78 is 0. The second-order valence-corrected chi connectivity index (χ2v) is 8.22. The van der Waals surface area contributed by atoms with Crippen LogP contribution in [0.1, 0.15) is 44.6 Å². The van der Waals surface area contributed by atoms with Crippen molar-refractivity contribution < 1.29 is 4.79 Å². The number of hydrogen-bond acceptors (Lipinski definition) is 4. The molecule has 168 valence electrons. The molecule has 0 saturated carbocycles.